The monoisotopic (exact) mass is 187 g/mol. The van der Waals surface area contributed by atoms with Crippen LogP contribution in [-0.4, -0.2) is 12.6 Å². The van der Waals surface area contributed by atoms with Crippen LogP contribution in [0.15, 0.2) is 35.8 Å². The SMILES string of the molecule is C=Cc1cccc(CCCN=C=O)c1. The van der Waals surface area contributed by atoms with Crippen LogP contribution in [0.5, 0.6) is 0 Å². The molecule has 2 heteroatoms. The number of benzene rings is 1. The number of isocyanates is 1. The van der Waals surface area contributed by atoms with Crippen LogP contribution in [0.4, 0.5) is 0 Å². The van der Waals surface area contributed by atoms with Gasteiger partial charge in [-0.25, -0.2) is 9.79 Å². The summed E-state index contributed by atoms with van der Waals surface area (Å²) in [5, 5.41) is 0. The molecule has 0 radical (unpaired) electrons. The summed E-state index contributed by atoms with van der Waals surface area (Å²) in [7, 11) is 0. The lowest BCUT2D eigenvalue weighted by atomic mass is 10.1. The zero-order valence-electron chi connectivity index (χ0n) is 8.07. The molecule has 0 aromatic heterocycles. The van der Waals surface area contributed by atoms with Crippen molar-refractivity contribution in [2.45, 2.75) is 12.8 Å². The minimum Gasteiger partial charge on any atom is -0.211 e. The van der Waals surface area contributed by atoms with Gasteiger partial charge in [0.25, 0.3) is 0 Å². The van der Waals surface area contributed by atoms with Crippen molar-refractivity contribution in [3.05, 3.63) is 42.0 Å². The molecule has 0 aliphatic heterocycles. The fourth-order valence-electron chi connectivity index (χ4n) is 1.28. The number of nitrogens with zero attached hydrogens (tertiary/aromatic N) is 1. The molecule has 0 atom stereocenters. The highest BCUT2D eigenvalue weighted by molar-refractivity contribution is 5.47. The largest absolute Gasteiger partial charge is 0.234 e. The third-order valence-electron chi connectivity index (χ3n) is 1.99. The number of aryl methyl sites for hydroxylation is 1. The van der Waals surface area contributed by atoms with E-state index in [-0.39, 0.29) is 0 Å². The Kier molecular flexibility index (Phi) is 4.39. The Bertz CT molecular complexity index is 351. The van der Waals surface area contributed by atoms with Crippen molar-refractivity contribution in [3.63, 3.8) is 0 Å². The zero-order valence-corrected chi connectivity index (χ0v) is 8.07. The normalized spacial score (nSPS) is 9.14. The number of rotatable bonds is 5. The highest BCUT2D eigenvalue weighted by Crippen LogP contribution is 2.08. The van der Waals surface area contributed by atoms with Crippen molar-refractivity contribution in [1.29, 1.82) is 0 Å². The van der Waals surface area contributed by atoms with Gasteiger partial charge in [0.15, 0.2) is 0 Å². The molecule has 2 nitrogen and oxygen atoms in total. The van der Waals surface area contributed by atoms with E-state index in [1.807, 2.05) is 18.2 Å². The van der Waals surface area contributed by atoms with E-state index in [0.29, 0.717) is 6.54 Å². The summed E-state index contributed by atoms with van der Waals surface area (Å²) in [6.45, 7) is 4.27. The molecule has 1 aromatic carbocycles. The van der Waals surface area contributed by atoms with Gasteiger partial charge in [-0.2, -0.15) is 0 Å². The maximum atomic E-state index is 9.81. The van der Waals surface area contributed by atoms with Crippen LogP contribution in [-0.2, 0) is 11.2 Å². The summed E-state index contributed by atoms with van der Waals surface area (Å²) < 4.78 is 0. The van der Waals surface area contributed by atoms with E-state index in [4.69, 9.17) is 0 Å². The van der Waals surface area contributed by atoms with Crippen LogP contribution < -0.4 is 0 Å². The summed E-state index contributed by atoms with van der Waals surface area (Å²) in [6.07, 6.45) is 5.18. The molecule has 0 heterocycles. The lowest BCUT2D eigenvalue weighted by Crippen LogP contribution is -1.88. The Morgan fingerprint density at radius 2 is 2.36 bits per heavy atom. The van der Waals surface area contributed by atoms with Gasteiger partial charge in [-0.15, -0.1) is 0 Å². The second-order valence-corrected chi connectivity index (χ2v) is 3.03. The van der Waals surface area contributed by atoms with Gasteiger partial charge in [-0.1, -0.05) is 36.9 Å². The summed E-state index contributed by atoms with van der Waals surface area (Å²) in [5.41, 5.74) is 2.38. The van der Waals surface area contributed by atoms with Gasteiger partial charge < -0.3 is 0 Å². The van der Waals surface area contributed by atoms with Gasteiger partial charge in [-0.05, 0) is 24.0 Å². The van der Waals surface area contributed by atoms with Crippen molar-refractivity contribution < 1.29 is 4.79 Å². The van der Waals surface area contributed by atoms with Crippen molar-refractivity contribution in [2.75, 3.05) is 6.54 Å². The molecule has 1 rings (SSSR count). The van der Waals surface area contributed by atoms with Crippen LogP contribution in [0, 0.1) is 0 Å². The zero-order chi connectivity index (χ0) is 10.2. The average Bonchev–Trinajstić information content (AvgIpc) is 2.25. The van der Waals surface area contributed by atoms with Crippen molar-refractivity contribution in [3.8, 4) is 0 Å². The maximum Gasteiger partial charge on any atom is 0.234 e. The van der Waals surface area contributed by atoms with E-state index in [2.05, 4.69) is 23.7 Å². The lowest BCUT2D eigenvalue weighted by molar-refractivity contribution is 0.562. The third kappa shape index (κ3) is 3.38. The van der Waals surface area contributed by atoms with E-state index < -0.39 is 0 Å². The Balaban J connectivity index is 2.49. The van der Waals surface area contributed by atoms with Crippen LogP contribution in [0.2, 0.25) is 0 Å². The van der Waals surface area contributed by atoms with Crippen LogP contribution in [0.25, 0.3) is 6.08 Å². The van der Waals surface area contributed by atoms with Crippen LogP contribution in [0.3, 0.4) is 0 Å². The molecule has 0 unspecified atom stereocenters. The first-order chi connectivity index (χ1) is 6.86. The summed E-state index contributed by atoms with van der Waals surface area (Å²) >= 11 is 0. The fourth-order valence-corrected chi connectivity index (χ4v) is 1.28. The van der Waals surface area contributed by atoms with Crippen molar-refractivity contribution in [2.24, 2.45) is 4.99 Å². The standard InChI is InChI=1S/C12H13NO/c1-2-11-5-3-6-12(9-11)7-4-8-13-10-14/h2-3,5-6,9H,1,4,7-8H2. The topological polar surface area (TPSA) is 29.4 Å². The second kappa shape index (κ2) is 5.90. The van der Waals surface area contributed by atoms with Gasteiger partial charge in [0.05, 0.1) is 6.54 Å². The van der Waals surface area contributed by atoms with Gasteiger partial charge in [0, 0.05) is 0 Å². The number of hydrogen-bond acceptors (Lipinski definition) is 2. The Hall–Kier alpha value is -1.66. The predicted molar refractivity (Wildman–Crippen MR) is 57.8 cm³/mol. The molecule has 72 valence electrons. The van der Waals surface area contributed by atoms with Crippen LogP contribution >= 0.6 is 0 Å². The van der Waals surface area contributed by atoms with E-state index in [0.717, 1.165) is 18.4 Å². The summed E-state index contributed by atoms with van der Waals surface area (Å²) in [4.78, 5) is 13.3. The van der Waals surface area contributed by atoms with Gasteiger partial charge in [0.2, 0.25) is 6.08 Å². The summed E-state index contributed by atoms with van der Waals surface area (Å²) in [5.74, 6) is 0. The van der Waals surface area contributed by atoms with Crippen LogP contribution in [0.1, 0.15) is 17.5 Å². The maximum absolute atomic E-state index is 9.81. The quantitative estimate of drug-likeness (QED) is 0.396. The molecule has 0 spiro atoms. The Morgan fingerprint density at radius 1 is 1.50 bits per heavy atom. The lowest BCUT2D eigenvalue weighted by Gasteiger charge is -2.00. The first-order valence-corrected chi connectivity index (χ1v) is 4.62. The van der Waals surface area contributed by atoms with E-state index in [9.17, 15) is 4.79 Å². The fraction of sp³-hybridized carbons (Fsp3) is 0.250. The molecule has 0 aliphatic rings. The molecule has 0 saturated heterocycles. The Labute approximate surface area is 84.0 Å². The number of aliphatic imine (C=N–C) groups is 1. The van der Waals surface area contributed by atoms with Gasteiger partial charge in [-0.3, -0.25) is 0 Å². The highest BCUT2D eigenvalue weighted by Gasteiger charge is 1.93. The number of carbonyl (C=O) groups excluding carboxylic acids is 1. The first-order valence-electron chi connectivity index (χ1n) is 4.62. The minimum absolute atomic E-state index is 0.557. The first kappa shape index (κ1) is 10.4. The molecule has 0 saturated carbocycles. The highest BCUT2D eigenvalue weighted by atomic mass is 16.1. The third-order valence-corrected chi connectivity index (χ3v) is 1.99. The molecule has 0 N–H and O–H groups in total. The molecule has 0 amide bonds. The van der Waals surface area contributed by atoms with Crippen molar-refractivity contribution >= 4 is 12.2 Å². The van der Waals surface area contributed by atoms with E-state index in [1.165, 1.54) is 11.6 Å². The number of hydrogen-bond donors (Lipinski definition) is 0. The summed E-state index contributed by atoms with van der Waals surface area (Å²) in [6, 6.07) is 8.19. The Morgan fingerprint density at radius 3 is 3.07 bits per heavy atom. The minimum atomic E-state index is 0.557. The van der Waals surface area contributed by atoms with E-state index >= 15 is 0 Å². The van der Waals surface area contributed by atoms with Crippen molar-refractivity contribution in [1.82, 2.24) is 0 Å². The second-order valence-electron chi connectivity index (χ2n) is 3.03. The average molecular weight is 187 g/mol. The molecular formula is C12H13NO. The molecule has 0 bridgehead atoms. The molecule has 0 fully saturated rings. The smallest absolute Gasteiger partial charge is 0.211 e. The molecule has 0 aliphatic carbocycles. The van der Waals surface area contributed by atoms with Gasteiger partial charge >= 0.3 is 0 Å². The predicted octanol–water partition coefficient (Wildman–Crippen LogP) is 2.60. The van der Waals surface area contributed by atoms with Gasteiger partial charge in [0.1, 0.15) is 0 Å². The molecule has 14 heavy (non-hydrogen) atoms. The molecular weight excluding hydrogens is 174 g/mol. The van der Waals surface area contributed by atoms with E-state index in [1.54, 1.807) is 0 Å². The molecule has 1 aromatic rings.